The molecule has 0 heterocycles. The smallest absolute Gasteiger partial charge is 0.141 e. The molecule has 0 aromatic heterocycles. The highest BCUT2D eigenvalue weighted by Gasteiger charge is 2.25. The average Bonchev–Trinajstić information content (AvgIpc) is 2.26. The van der Waals surface area contributed by atoms with Gasteiger partial charge in [0.1, 0.15) is 5.78 Å². The summed E-state index contributed by atoms with van der Waals surface area (Å²) in [6.07, 6.45) is 3.11. The van der Waals surface area contributed by atoms with E-state index >= 15 is 0 Å². The van der Waals surface area contributed by atoms with Crippen LogP contribution in [0.3, 0.4) is 0 Å². The number of carbonyl (C=O) groups excluding carboxylic acids is 1. The topological polar surface area (TPSA) is 89.6 Å². The summed E-state index contributed by atoms with van der Waals surface area (Å²) in [4.78, 5) is 14.0. The first-order chi connectivity index (χ1) is 6.77. The van der Waals surface area contributed by atoms with Crippen molar-refractivity contribution in [1.82, 2.24) is 0 Å². The molecule has 0 spiro atoms. The molecule has 0 aromatic carbocycles. The van der Waals surface area contributed by atoms with Crippen LogP contribution in [0.2, 0.25) is 0 Å². The van der Waals surface area contributed by atoms with Crippen LogP contribution >= 0.6 is 0 Å². The van der Waals surface area contributed by atoms with Crippen LogP contribution in [0.4, 0.5) is 0 Å². The largest absolute Gasteiger partial charge is 0.299 e. The van der Waals surface area contributed by atoms with E-state index in [2.05, 4.69) is 16.1 Å². The van der Waals surface area contributed by atoms with Crippen molar-refractivity contribution in [2.75, 3.05) is 6.54 Å². The number of hydrogen-bond donors (Lipinski definition) is 0. The summed E-state index contributed by atoms with van der Waals surface area (Å²) in [5, 5.41) is 11.9. The zero-order chi connectivity index (χ0) is 10.4. The normalized spacial score (nSPS) is 25.9. The van der Waals surface area contributed by atoms with Crippen molar-refractivity contribution < 1.29 is 4.79 Å². The van der Waals surface area contributed by atoms with E-state index in [0.717, 1.165) is 25.7 Å². The summed E-state index contributed by atoms with van der Waals surface area (Å²) in [6, 6.07) is 2.21. The van der Waals surface area contributed by atoms with Crippen LogP contribution in [0.25, 0.3) is 10.4 Å². The van der Waals surface area contributed by atoms with Gasteiger partial charge in [0.2, 0.25) is 0 Å². The van der Waals surface area contributed by atoms with Gasteiger partial charge in [-0.1, -0.05) is 5.11 Å². The molecule has 1 fully saturated rings. The van der Waals surface area contributed by atoms with Crippen LogP contribution in [-0.2, 0) is 4.79 Å². The standard InChI is InChI=1S/C9H12N4O/c10-5-7-1-3-8(4-2-7)9(14)6-12-13-11/h7-8H,1-4,6H2. The van der Waals surface area contributed by atoms with Gasteiger partial charge in [-0.15, -0.1) is 0 Å². The molecule has 1 aliphatic rings. The first kappa shape index (κ1) is 10.6. The maximum Gasteiger partial charge on any atom is 0.141 e. The minimum absolute atomic E-state index is 0.00472. The summed E-state index contributed by atoms with van der Waals surface area (Å²) in [6.45, 7) is -0.0433. The van der Waals surface area contributed by atoms with E-state index in [0.29, 0.717) is 0 Å². The number of hydrogen-bond acceptors (Lipinski definition) is 3. The van der Waals surface area contributed by atoms with Gasteiger partial charge in [0.25, 0.3) is 0 Å². The molecule has 0 N–H and O–H groups in total. The molecule has 14 heavy (non-hydrogen) atoms. The molecular weight excluding hydrogens is 180 g/mol. The van der Waals surface area contributed by atoms with Crippen molar-refractivity contribution in [3.8, 4) is 6.07 Å². The third-order valence-electron chi connectivity index (χ3n) is 2.65. The van der Waals surface area contributed by atoms with Gasteiger partial charge < -0.3 is 0 Å². The van der Waals surface area contributed by atoms with Gasteiger partial charge in [-0.25, -0.2) is 0 Å². The number of carbonyl (C=O) groups is 1. The number of azide groups is 1. The Bertz CT molecular complexity index is 292. The van der Waals surface area contributed by atoms with E-state index in [1.54, 1.807) is 0 Å². The van der Waals surface area contributed by atoms with Crippen LogP contribution < -0.4 is 0 Å². The lowest BCUT2D eigenvalue weighted by Crippen LogP contribution is -2.22. The monoisotopic (exact) mass is 192 g/mol. The predicted molar refractivity (Wildman–Crippen MR) is 50.1 cm³/mol. The Hall–Kier alpha value is -1.53. The fourth-order valence-electron chi connectivity index (χ4n) is 1.77. The quantitative estimate of drug-likeness (QED) is 0.389. The Morgan fingerprint density at radius 2 is 2.14 bits per heavy atom. The Balaban J connectivity index is 2.38. The second-order valence-corrected chi connectivity index (χ2v) is 3.53. The molecular formula is C9H12N4O. The van der Waals surface area contributed by atoms with Gasteiger partial charge in [0.15, 0.2) is 0 Å². The zero-order valence-corrected chi connectivity index (χ0v) is 7.89. The molecule has 0 bridgehead atoms. The van der Waals surface area contributed by atoms with Crippen molar-refractivity contribution in [3.05, 3.63) is 10.4 Å². The van der Waals surface area contributed by atoms with E-state index in [4.69, 9.17) is 10.8 Å². The van der Waals surface area contributed by atoms with Gasteiger partial charge in [-0.05, 0) is 31.2 Å². The average molecular weight is 192 g/mol. The zero-order valence-electron chi connectivity index (χ0n) is 7.89. The summed E-state index contributed by atoms with van der Waals surface area (Å²) in [7, 11) is 0. The van der Waals surface area contributed by atoms with E-state index in [9.17, 15) is 4.79 Å². The highest BCUT2D eigenvalue weighted by molar-refractivity contribution is 5.83. The number of ketones is 1. The molecule has 0 aliphatic heterocycles. The first-order valence-corrected chi connectivity index (χ1v) is 4.71. The molecule has 1 aliphatic carbocycles. The molecule has 0 unspecified atom stereocenters. The highest BCUT2D eigenvalue weighted by Crippen LogP contribution is 2.28. The van der Waals surface area contributed by atoms with E-state index in [-0.39, 0.29) is 24.2 Å². The molecule has 1 rings (SSSR count). The molecule has 0 saturated heterocycles. The second kappa shape index (κ2) is 5.25. The van der Waals surface area contributed by atoms with Gasteiger partial charge in [0.05, 0.1) is 12.6 Å². The molecule has 0 aromatic rings. The summed E-state index contributed by atoms with van der Waals surface area (Å²) < 4.78 is 0. The third kappa shape index (κ3) is 2.75. The summed E-state index contributed by atoms with van der Waals surface area (Å²) >= 11 is 0. The minimum atomic E-state index is -0.0433. The summed E-state index contributed by atoms with van der Waals surface area (Å²) in [5.74, 6) is 0.128. The molecule has 0 amide bonds. The van der Waals surface area contributed by atoms with Crippen LogP contribution in [0.15, 0.2) is 5.11 Å². The molecule has 1 saturated carbocycles. The minimum Gasteiger partial charge on any atom is -0.299 e. The van der Waals surface area contributed by atoms with Gasteiger partial charge in [-0.2, -0.15) is 5.26 Å². The third-order valence-corrected chi connectivity index (χ3v) is 2.65. The lowest BCUT2D eigenvalue weighted by Gasteiger charge is -2.22. The number of nitriles is 1. The Morgan fingerprint density at radius 1 is 1.50 bits per heavy atom. The number of nitrogens with zero attached hydrogens (tertiary/aromatic N) is 4. The lowest BCUT2D eigenvalue weighted by atomic mass is 9.81. The fraction of sp³-hybridized carbons (Fsp3) is 0.778. The maximum atomic E-state index is 11.4. The SMILES string of the molecule is N#CC1CCC(C(=O)CN=[N+]=[N-])CC1. The van der Waals surface area contributed by atoms with Crippen molar-refractivity contribution >= 4 is 5.78 Å². The number of rotatable bonds is 3. The van der Waals surface area contributed by atoms with Crippen molar-refractivity contribution in [2.45, 2.75) is 25.7 Å². The van der Waals surface area contributed by atoms with Gasteiger partial charge in [-0.3, -0.25) is 4.79 Å². The van der Waals surface area contributed by atoms with E-state index in [1.165, 1.54) is 0 Å². The van der Waals surface area contributed by atoms with Crippen LogP contribution in [-0.4, -0.2) is 12.3 Å². The van der Waals surface area contributed by atoms with Crippen molar-refractivity contribution in [2.24, 2.45) is 17.0 Å². The molecule has 5 heteroatoms. The van der Waals surface area contributed by atoms with Crippen molar-refractivity contribution in [3.63, 3.8) is 0 Å². The fourth-order valence-corrected chi connectivity index (χ4v) is 1.77. The van der Waals surface area contributed by atoms with Crippen LogP contribution in [0.1, 0.15) is 25.7 Å². The van der Waals surface area contributed by atoms with E-state index < -0.39 is 0 Å². The van der Waals surface area contributed by atoms with Crippen LogP contribution in [0, 0.1) is 23.2 Å². The highest BCUT2D eigenvalue weighted by atomic mass is 16.1. The van der Waals surface area contributed by atoms with Gasteiger partial charge in [0, 0.05) is 16.7 Å². The number of Topliss-reactive ketones (excluding diaryl/α,β-unsaturated/α-hetero) is 1. The maximum absolute atomic E-state index is 11.4. The molecule has 74 valence electrons. The van der Waals surface area contributed by atoms with Gasteiger partial charge >= 0.3 is 0 Å². The predicted octanol–water partition coefficient (Wildman–Crippen LogP) is 2.20. The van der Waals surface area contributed by atoms with Crippen LogP contribution in [0.5, 0.6) is 0 Å². The first-order valence-electron chi connectivity index (χ1n) is 4.71. The molecule has 0 atom stereocenters. The molecule has 5 nitrogen and oxygen atoms in total. The van der Waals surface area contributed by atoms with Crippen molar-refractivity contribution in [1.29, 1.82) is 5.26 Å². The summed E-state index contributed by atoms with van der Waals surface area (Å²) in [5.41, 5.74) is 8.06. The Morgan fingerprint density at radius 3 is 2.64 bits per heavy atom. The Kier molecular flexibility index (Phi) is 3.96. The Labute approximate surface area is 82.3 Å². The second-order valence-electron chi connectivity index (χ2n) is 3.53. The van der Waals surface area contributed by atoms with E-state index in [1.807, 2.05) is 0 Å². The lowest BCUT2D eigenvalue weighted by molar-refractivity contribution is -0.122. The molecule has 0 radical (unpaired) electrons.